The topological polar surface area (TPSA) is 46.1 Å². The van der Waals surface area contributed by atoms with E-state index in [1.54, 1.807) is 17.0 Å². The predicted molar refractivity (Wildman–Crippen MR) is 97.4 cm³/mol. The van der Waals surface area contributed by atoms with Gasteiger partial charge in [0.2, 0.25) is 0 Å². The third-order valence-electron chi connectivity index (χ3n) is 4.84. The monoisotopic (exact) mass is 383 g/mol. The molecule has 0 spiro atoms. The zero-order valence-corrected chi connectivity index (χ0v) is 14.8. The Bertz CT molecular complexity index is 1000. The van der Waals surface area contributed by atoms with E-state index in [9.17, 15) is 18.0 Å². The maximum absolute atomic E-state index is 12.8. The van der Waals surface area contributed by atoms with Crippen LogP contribution in [0.1, 0.15) is 27.2 Å². The van der Waals surface area contributed by atoms with E-state index in [-0.39, 0.29) is 5.91 Å². The second-order valence-electron chi connectivity index (χ2n) is 6.64. The number of hydrogen-bond donors (Lipinski definition) is 0. The number of nitrogens with zero attached hydrogens (tertiary/aromatic N) is 3. The molecule has 4 nitrogen and oxygen atoms in total. The van der Waals surface area contributed by atoms with Crippen LogP contribution >= 0.6 is 0 Å². The number of alkyl halides is 3. The van der Waals surface area contributed by atoms with E-state index >= 15 is 0 Å². The lowest BCUT2D eigenvalue weighted by atomic mass is 9.94. The molecule has 0 bridgehead atoms. The summed E-state index contributed by atoms with van der Waals surface area (Å²) in [6.07, 6.45) is -2.12. The quantitative estimate of drug-likeness (QED) is 0.661. The molecule has 2 aromatic carbocycles. The highest BCUT2D eigenvalue weighted by Gasteiger charge is 2.30. The van der Waals surface area contributed by atoms with Gasteiger partial charge in [-0.25, -0.2) is 0 Å². The molecule has 4 rings (SSSR count). The summed E-state index contributed by atoms with van der Waals surface area (Å²) < 4.78 is 38.3. The second-order valence-corrected chi connectivity index (χ2v) is 6.64. The van der Waals surface area contributed by atoms with Gasteiger partial charge in [-0.05, 0) is 59.0 Å². The Balaban J connectivity index is 1.58. The Kier molecular flexibility index (Phi) is 4.58. The van der Waals surface area contributed by atoms with Crippen molar-refractivity contribution in [3.8, 4) is 11.1 Å². The van der Waals surface area contributed by atoms with Crippen LogP contribution in [-0.2, 0) is 19.1 Å². The fourth-order valence-electron chi connectivity index (χ4n) is 3.34. The summed E-state index contributed by atoms with van der Waals surface area (Å²) in [7, 11) is 0. The SMILES string of the molecule is O=C(c1cccnn1)N1CCc2ccc(-c3ccc(C(F)(F)F)cc3)cc2C1. The van der Waals surface area contributed by atoms with E-state index in [0.717, 1.165) is 28.8 Å². The van der Waals surface area contributed by atoms with Gasteiger partial charge in [0.1, 0.15) is 0 Å². The van der Waals surface area contributed by atoms with E-state index in [0.29, 0.717) is 30.8 Å². The number of amides is 1. The van der Waals surface area contributed by atoms with Gasteiger partial charge in [-0.3, -0.25) is 4.79 Å². The van der Waals surface area contributed by atoms with Gasteiger partial charge in [0.05, 0.1) is 5.56 Å². The maximum Gasteiger partial charge on any atom is 0.416 e. The van der Waals surface area contributed by atoms with Crippen LogP contribution in [0.3, 0.4) is 0 Å². The molecule has 1 amide bonds. The molecular formula is C21H16F3N3O. The summed E-state index contributed by atoms with van der Waals surface area (Å²) in [6, 6.07) is 14.2. The number of rotatable bonds is 2. The van der Waals surface area contributed by atoms with Crippen molar-refractivity contribution in [3.05, 3.63) is 83.2 Å². The molecule has 0 aliphatic carbocycles. The largest absolute Gasteiger partial charge is 0.416 e. The average Bonchev–Trinajstić information content (AvgIpc) is 2.72. The molecule has 142 valence electrons. The number of benzene rings is 2. The van der Waals surface area contributed by atoms with Crippen LogP contribution in [0.4, 0.5) is 13.2 Å². The smallest absolute Gasteiger partial charge is 0.333 e. The van der Waals surface area contributed by atoms with Crippen molar-refractivity contribution in [3.63, 3.8) is 0 Å². The molecule has 1 aromatic heterocycles. The third kappa shape index (κ3) is 3.60. The molecule has 1 aliphatic heterocycles. The molecule has 2 heterocycles. The Morgan fingerprint density at radius 2 is 1.71 bits per heavy atom. The van der Waals surface area contributed by atoms with Crippen molar-refractivity contribution >= 4 is 5.91 Å². The molecule has 0 atom stereocenters. The minimum atomic E-state index is -4.35. The number of aromatic nitrogens is 2. The van der Waals surface area contributed by atoms with Gasteiger partial charge in [0.25, 0.3) is 5.91 Å². The summed E-state index contributed by atoms with van der Waals surface area (Å²) in [5, 5.41) is 7.62. The van der Waals surface area contributed by atoms with Gasteiger partial charge >= 0.3 is 6.18 Å². The molecule has 0 saturated heterocycles. The summed E-state index contributed by atoms with van der Waals surface area (Å²) in [5.41, 5.74) is 3.27. The van der Waals surface area contributed by atoms with E-state index in [1.165, 1.54) is 18.3 Å². The van der Waals surface area contributed by atoms with Gasteiger partial charge in [0.15, 0.2) is 5.69 Å². The van der Waals surface area contributed by atoms with Crippen LogP contribution < -0.4 is 0 Å². The Labute approximate surface area is 159 Å². The number of hydrogen-bond acceptors (Lipinski definition) is 3. The summed E-state index contributed by atoms with van der Waals surface area (Å²) >= 11 is 0. The van der Waals surface area contributed by atoms with Gasteiger partial charge in [-0.15, -0.1) is 5.10 Å². The lowest BCUT2D eigenvalue weighted by Gasteiger charge is -2.29. The van der Waals surface area contributed by atoms with Crippen LogP contribution in [0, 0.1) is 0 Å². The Morgan fingerprint density at radius 3 is 2.39 bits per heavy atom. The lowest BCUT2D eigenvalue weighted by molar-refractivity contribution is -0.137. The van der Waals surface area contributed by atoms with Gasteiger partial charge in [-0.1, -0.05) is 24.3 Å². The van der Waals surface area contributed by atoms with Crippen LogP contribution in [0.15, 0.2) is 60.8 Å². The summed E-state index contributed by atoms with van der Waals surface area (Å²) in [6.45, 7) is 1.02. The predicted octanol–water partition coefficient (Wildman–Crippen LogP) is 4.36. The minimum absolute atomic E-state index is 0.182. The average molecular weight is 383 g/mol. The van der Waals surface area contributed by atoms with Crippen LogP contribution in [0.5, 0.6) is 0 Å². The molecule has 0 fully saturated rings. The molecule has 0 unspecified atom stereocenters. The van der Waals surface area contributed by atoms with E-state index in [1.807, 2.05) is 18.2 Å². The van der Waals surface area contributed by atoms with Crippen molar-refractivity contribution < 1.29 is 18.0 Å². The highest BCUT2D eigenvalue weighted by atomic mass is 19.4. The molecule has 0 radical (unpaired) electrons. The molecule has 1 aliphatic rings. The van der Waals surface area contributed by atoms with Crippen LogP contribution in [0.2, 0.25) is 0 Å². The zero-order chi connectivity index (χ0) is 19.7. The first-order chi connectivity index (χ1) is 13.4. The van der Waals surface area contributed by atoms with Crippen molar-refractivity contribution in [2.24, 2.45) is 0 Å². The van der Waals surface area contributed by atoms with Crippen molar-refractivity contribution in [2.75, 3.05) is 6.54 Å². The first-order valence-corrected chi connectivity index (χ1v) is 8.78. The number of carbonyl (C=O) groups is 1. The molecular weight excluding hydrogens is 367 g/mol. The van der Waals surface area contributed by atoms with Crippen molar-refractivity contribution in [2.45, 2.75) is 19.1 Å². The third-order valence-corrected chi connectivity index (χ3v) is 4.84. The van der Waals surface area contributed by atoms with Gasteiger partial charge < -0.3 is 4.90 Å². The number of halogens is 3. The molecule has 3 aromatic rings. The molecule has 28 heavy (non-hydrogen) atoms. The Hall–Kier alpha value is -3.22. The maximum atomic E-state index is 12.8. The van der Waals surface area contributed by atoms with Gasteiger partial charge in [-0.2, -0.15) is 18.3 Å². The summed E-state index contributed by atoms with van der Waals surface area (Å²) in [5.74, 6) is -0.182. The highest BCUT2D eigenvalue weighted by molar-refractivity contribution is 5.92. The fraction of sp³-hybridized carbons (Fsp3) is 0.190. The molecule has 0 N–H and O–H groups in total. The zero-order valence-electron chi connectivity index (χ0n) is 14.8. The fourth-order valence-corrected chi connectivity index (χ4v) is 3.34. The lowest BCUT2D eigenvalue weighted by Crippen LogP contribution is -2.36. The van der Waals surface area contributed by atoms with Crippen molar-refractivity contribution in [1.82, 2.24) is 15.1 Å². The normalized spacial score (nSPS) is 13.9. The Morgan fingerprint density at radius 1 is 0.964 bits per heavy atom. The number of fused-ring (bicyclic) bond motifs is 1. The highest BCUT2D eigenvalue weighted by Crippen LogP contribution is 2.32. The first kappa shape index (κ1) is 18.2. The number of carbonyl (C=O) groups excluding carboxylic acids is 1. The standard InChI is InChI=1S/C21H16F3N3O/c22-21(23,24)18-7-5-14(6-8-18)16-4-3-15-9-11-27(13-17(15)12-16)20(28)19-2-1-10-25-26-19/h1-8,10,12H,9,11,13H2. The van der Waals surface area contributed by atoms with Crippen molar-refractivity contribution in [1.29, 1.82) is 0 Å². The van der Waals surface area contributed by atoms with Crippen LogP contribution in [0.25, 0.3) is 11.1 Å². The second kappa shape index (κ2) is 7.07. The van der Waals surface area contributed by atoms with E-state index in [2.05, 4.69) is 10.2 Å². The molecule has 7 heteroatoms. The van der Waals surface area contributed by atoms with E-state index < -0.39 is 11.7 Å². The minimum Gasteiger partial charge on any atom is -0.333 e. The summed E-state index contributed by atoms with van der Waals surface area (Å²) in [4.78, 5) is 14.3. The van der Waals surface area contributed by atoms with Crippen LogP contribution in [-0.4, -0.2) is 27.5 Å². The first-order valence-electron chi connectivity index (χ1n) is 8.78. The van der Waals surface area contributed by atoms with E-state index in [4.69, 9.17) is 0 Å². The van der Waals surface area contributed by atoms with Gasteiger partial charge in [0, 0.05) is 19.3 Å². The molecule has 0 saturated carbocycles.